The van der Waals surface area contributed by atoms with Crippen molar-refractivity contribution < 1.29 is 14.1 Å². The fourth-order valence-corrected chi connectivity index (χ4v) is 1.77. The molecule has 7 heteroatoms. The van der Waals surface area contributed by atoms with Gasteiger partial charge in [0.05, 0.1) is 6.42 Å². The normalized spacial score (nSPS) is 11.2. The van der Waals surface area contributed by atoms with Gasteiger partial charge in [0.15, 0.2) is 11.4 Å². The molecule has 0 fully saturated rings. The van der Waals surface area contributed by atoms with Crippen molar-refractivity contribution in [2.75, 3.05) is 7.05 Å². The van der Waals surface area contributed by atoms with Crippen molar-refractivity contribution in [3.8, 4) is 5.75 Å². The van der Waals surface area contributed by atoms with Gasteiger partial charge < -0.3 is 14.6 Å². The van der Waals surface area contributed by atoms with Crippen molar-refractivity contribution in [1.29, 1.82) is 0 Å². The number of rotatable bonds is 5. The molecule has 0 spiro atoms. The van der Waals surface area contributed by atoms with E-state index in [-0.39, 0.29) is 12.3 Å². The zero-order valence-corrected chi connectivity index (χ0v) is 12.8. The molecule has 6 nitrogen and oxygen atoms in total. The predicted octanol–water partition coefficient (Wildman–Crippen LogP) is 2.33. The number of hydrogen-bond donors (Lipinski definition) is 1. The molecule has 21 heavy (non-hydrogen) atoms. The molecule has 0 atom stereocenters. The zero-order valence-electron chi connectivity index (χ0n) is 12.0. The Bertz CT molecular complexity index is 623. The Labute approximate surface area is 127 Å². The first kappa shape index (κ1) is 15.3. The number of aromatic nitrogens is 2. The van der Waals surface area contributed by atoms with Crippen LogP contribution in [0.2, 0.25) is 5.02 Å². The van der Waals surface area contributed by atoms with Gasteiger partial charge in [-0.1, -0.05) is 16.8 Å². The monoisotopic (exact) mass is 309 g/mol. The lowest BCUT2D eigenvalue weighted by atomic mass is 10.1. The summed E-state index contributed by atoms with van der Waals surface area (Å²) in [7, 11) is 1.55. The summed E-state index contributed by atoms with van der Waals surface area (Å²) in [5.74, 6) is 1.07. The summed E-state index contributed by atoms with van der Waals surface area (Å²) in [5, 5.41) is 6.91. The third-order valence-corrected chi connectivity index (χ3v) is 3.02. The molecule has 0 saturated heterocycles. The van der Waals surface area contributed by atoms with Gasteiger partial charge in [-0.15, -0.1) is 0 Å². The standard InChI is InChI=1S/C14H16ClN3O3/c1-14(2,20-10-6-4-9(15)5-7-10)13-17-11(18-21-13)8-12(19)16-3/h4-7H,8H2,1-3H3,(H,16,19). The van der Waals surface area contributed by atoms with Crippen molar-refractivity contribution in [3.63, 3.8) is 0 Å². The van der Waals surface area contributed by atoms with E-state index >= 15 is 0 Å². The summed E-state index contributed by atoms with van der Waals surface area (Å²) < 4.78 is 11.0. The van der Waals surface area contributed by atoms with E-state index in [0.29, 0.717) is 22.5 Å². The van der Waals surface area contributed by atoms with Crippen LogP contribution in [0, 0.1) is 0 Å². The summed E-state index contributed by atoms with van der Waals surface area (Å²) in [6, 6.07) is 6.98. The molecular weight excluding hydrogens is 294 g/mol. The Morgan fingerprint density at radius 1 is 1.38 bits per heavy atom. The van der Waals surface area contributed by atoms with Crippen LogP contribution < -0.4 is 10.1 Å². The number of nitrogens with zero attached hydrogens (tertiary/aromatic N) is 2. The van der Waals surface area contributed by atoms with Crippen LogP contribution in [0.4, 0.5) is 0 Å². The number of nitrogens with one attached hydrogen (secondary N) is 1. The second kappa shape index (κ2) is 6.13. The highest BCUT2D eigenvalue weighted by molar-refractivity contribution is 6.30. The number of benzene rings is 1. The minimum atomic E-state index is -0.818. The van der Waals surface area contributed by atoms with Crippen LogP contribution in [-0.4, -0.2) is 23.1 Å². The Morgan fingerprint density at radius 2 is 2.05 bits per heavy atom. The maximum absolute atomic E-state index is 11.3. The van der Waals surface area contributed by atoms with E-state index in [1.807, 2.05) is 0 Å². The van der Waals surface area contributed by atoms with E-state index < -0.39 is 5.60 Å². The largest absolute Gasteiger partial charge is 0.478 e. The van der Waals surface area contributed by atoms with E-state index in [1.165, 1.54) is 0 Å². The van der Waals surface area contributed by atoms with Gasteiger partial charge in [-0.25, -0.2) is 0 Å². The highest BCUT2D eigenvalue weighted by Gasteiger charge is 2.30. The number of halogens is 1. The van der Waals surface area contributed by atoms with Crippen LogP contribution in [0.3, 0.4) is 0 Å². The van der Waals surface area contributed by atoms with Crippen LogP contribution in [0.25, 0.3) is 0 Å². The molecule has 0 aliphatic carbocycles. The lowest BCUT2D eigenvalue weighted by Crippen LogP contribution is -2.26. The number of amides is 1. The molecule has 1 aromatic carbocycles. The number of ether oxygens (including phenoxy) is 1. The summed E-state index contributed by atoms with van der Waals surface area (Å²) in [6.45, 7) is 3.61. The molecule has 0 radical (unpaired) electrons. The van der Waals surface area contributed by atoms with E-state index in [1.54, 1.807) is 45.2 Å². The van der Waals surface area contributed by atoms with Gasteiger partial charge in [0, 0.05) is 12.1 Å². The number of hydrogen-bond acceptors (Lipinski definition) is 5. The van der Waals surface area contributed by atoms with E-state index in [0.717, 1.165) is 0 Å². The first-order chi connectivity index (χ1) is 9.90. The van der Waals surface area contributed by atoms with E-state index in [9.17, 15) is 4.79 Å². The summed E-state index contributed by atoms with van der Waals surface area (Å²) in [5.41, 5.74) is -0.818. The van der Waals surface area contributed by atoms with Crippen molar-refractivity contribution >= 4 is 17.5 Å². The zero-order chi connectivity index (χ0) is 15.5. The van der Waals surface area contributed by atoms with Gasteiger partial charge in [0.25, 0.3) is 5.89 Å². The second-order valence-electron chi connectivity index (χ2n) is 4.93. The fraction of sp³-hybridized carbons (Fsp3) is 0.357. The van der Waals surface area contributed by atoms with Crippen LogP contribution in [-0.2, 0) is 16.8 Å². The molecule has 0 aliphatic rings. The molecule has 1 aromatic heterocycles. The van der Waals surface area contributed by atoms with Crippen molar-refractivity contribution in [2.45, 2.75) is 25.9 Å². The average Bonchev–Trinajstić information content (AvgIpc) is 2.90. The van der Waals surface area contributed by atoms with Crippen molar-refractivity contribution in [2.24, 2.45) is 0 Å². The smallest absolute Gasteiger partial charge is 0.270 e. The van der Waals surface area contributed by atoms with Crippen LogP contribution in [0.5, 0.6) is 5.75 Å². The maximum atomic E-state index is 11.3. The first-order valence-corrected chi connectivity index (χ1v) is 6.77. The summed E-state index contributed by atoms with van der Waals surface area (Å²) in [6.07, 6.45) is 0.0665. The lowest BCUT2D eigenvalue weighted by Gasteiger charge is -2.22. The molecule has 0 unspecified atom stereocenters. The van der Waals surface area contributed by atoms with Gasteiger partial charge in [-0.05, 0) is 38.1 Å². The van der Waals surface area contributed by atoms with Crippen LogP contribution >= 0.6 is 11.6 Å². The molecular formula is C14H16ClN3O3. The van der Waals surface area contributed by atoms with Gasteiger partial charge in [-0.3, -0.25) is 4.79 Å². The molecule has 1 amide bonds. The van der Waals surface area contributed by atoms with Crippen molar-refractivity contribution in [3.05, 3.63) is 41.0 Å². The van der Waals surface area contributed by atoms with E-state index in [2.05, 4.69) is 15.5 Å². The Morgan fingerprint density at radius 3 is 2.67 bits per heavy atom. The number of carbonyl (C=O) groups is 1. The van der Waals surface area contributed by atoms with Gasteiger partial charge in [-0.2, -0.15) is 4.98 Å². The first-order valence-electron chi connectivity index (χ1n) is 6.39. The SMILES string of the molecule is CNC(=O)Cc1noc(C(C)(C)Oc2ccc(Cl)cc2)n1. The highest BCUT2D eigenvalue weighted by Crippen LogP contribution is 2.27. The quantitative estimate of drug-likeness (QED) is 0.917. The molecule has 0 bridgehead atoms. The van der Waals surface area contributed by atoms with Gasteiger partial charge >= 0.3 is 0 Å². The second-order valence-corrected chi connectivity index (χ2v) is 5.37. The molecule has 1 heterocycles. The maximum Gasteiger partial charge on any atom is 0.270 e. The fourth-order valence-electron chi connectivity index (χ4n) is 1.64. The average molecular weight is 310 g/mol. The third-order valence-electron chi connectivity index (χ3n) is 2.77. The molecule has 1 N–H and O–H groups in total. The summed E-state index contributed by atoms with van der Waals surface area (Å²) in [4.78, 5) is 15.5. The topological polar surface area (TPSA) is 77.2 Å². The van der Waals surface area contributed by atoms with Crippen LogP contribution in [0.1, 0.15) is 25.6 Å². The van der Waals surface area contributed by atoms with Gasteiger partial charge in [0.1, 0.15) is 5.75 Å². The Balaban J connectivity index is 2.11. The Hall–Kier alpha value is -2.08. The molecule has 0 saturated carbocycles. The van der Waals surface area contributed by atoms with Gasteiger partial charge in [0.2, 0.25) is 5.91 Å². The van der Waals surface area contributed by atoms with E-state index in [4.69, 9.17) is 20.9 Å². The molecule has 2 aromatic rings. The number of likely N-dealkylation sites (N-methyl/N-ethyl adjacent to an activating group) is 1. The molecule has 112 valence electrons. The molecule has 2 rings (SSSR count). The third kappa shape index (κ3) is 3.95. The van der Waals surface area contributed by atoms with Crippen LogP contribution in [0.15, 0.2) is 28.8 Å². The van der Waals surface area contributed by atoms with Crippen molar-refractivity contribution in [1.82, 2.24) is 15.5 Å². The number of carbonyl (C=O) groups excluding carboxylic acids is 1. The molecule has 0 aliphatic heterocycles. The Kier molecular flexibility index (Phi) is 4.47. The predicted molar refractivity (Wildman–Crippen MR) is 77.2 cm³/mol. The minimum Gasteiger partial charge on any atom is -0.478 e. The highest BCUT2D eigenvalue weighted by atomic mass is 35.5. The minimum absolute atomic E-state index is 0.0665. The summed E-state index contributed by atoms with van der Waals surface area (Å²) >= 11 is 5.83. The lowest BCUT2D eigenvalue weighted by molar-refractivity contribution is -0.120.